The van der Waals surface area contributed by atoms with Gasteiger partial charge in [0.25, 0.3) is 0 Å². The molecule has 1 saturated heterocycles. The fraction of sp³-hybridized carbons (Fsp3) is 0.385. The van der Waals surface area contributed by atoms with Gasteiger partial charge in [-0.05, 0) is 29.9 Å². The van der Waals surface area contributed by atoms with Gasteiger partial charge in [0.2, 0.25) is 0 Å². The third kappa shape index (κ3) is 3.00. The molecule has 1 aromatic carbocycles. The van der Waals surface area contributed by atoms with Crippen LogP contribution < -0.4 is 10.1 Å². The van der Waals surface area contributed by atoms with Gasteiger partial charge in [0.15, 0.2) is 0 Å². The van der Waals surface area contributed by atoms with E-state index >= 15 is 0 Å². The van der Waals surface area contributed by atoms with Crippen LogP contribution in [0.2, 0.25) is 0 Å². The molecule has 2 atom stereocenters. The highest BCUT2D eigenvalue weighted by Gasteiger charge is 2.27. The maximum Gasteiger partial charge on any atom is 0.320 e. The molecule has 1 aliphatic heterocycles. The third-order valence-electron chi connectivity index (χ3n) is 2.99. The average molecular weight is 278 g/mol. The Morgan fingerprint density at radius 2 is 2.42 bits per heavy atom. The van der Waals surface area contributed by atoms with E-state index in [1.807, 2.05) is 6.07 Å². The molecule has 0 aliphatic carbocycles. The fourth-order valence-corrected chi connectivity index (χ4v) is 3.19. The zero-order valence-corrected chi connectivity index (χ0v) is 11.2. The quantitative estimate of drug-likeness (QED) is 0.876. The second kappa shape index (κ2) is 5.95. The van der Waals surface area contributed by atoms with Gasteiger partial charge in [0.1, 0.15) is 17.9 Å². The lowest BCUT2D eigenvalue weighted by Gasteiger charge is -2.28. The lowest BCUT2D eigenvalue weighted by molar-refractivity contribution is -0.139. The number of carboxylic acids is 1. The monoisotopic (exact) mass is 278 g/mol. The molecule has 100 valence electrons. The van der Waals surface area contributed by atoms with Crippen LogP contribution in [-0.2, 0) is 4.79 Å². The number of thioether (sulfide) groups is 1. The van der Waals surface area contributed by atoms with Crippen molar-refractivity contribution in [1.82, 2.24) is 5.32 Å². The second-order valence-corrected chi connectivity index (χ2v) is 5.38. The molecule has 0 amide bonds. The van der Waals surface area contributed by atoms with Crippen LogP contribution in [0.5, 0.6) is 5.75 Å². The molecule has 1 fully saturated rings. The first-order valence-electron chi connectivity index (χ1n) is 5.84. The Morgan fingerprint density at radius 1 is 1.63 bits per heavy atom. The minimum atomic E-state index is -0.834. The van der Waals surface area contributed by atoms with Gasteiger partial charge in [-0.15, -0.1) is 11.8 Å². The number of nitrogens with zero attached hydrogens (tertiary/aromatic N) is 1. The zero-order valence-electron chi connectivity index (χ0n) is 10.4. The van der Waals surface area contributed by atoms with Gasteiger partial charge in [-0.1, -0.05) is 6.07 Å². The standard InChI is InChI=1S/C13H14N2O3S/c1-18-11-3-2-8(6-9(11)7-14)12-15-10(13(16)17)4-5-19-12/h2-3,6,10,12,15H,4-5H2,1H3,(H,16,17). The molecule has 19 heavy (non-hydrogen) atoms. The Balaban J connectivity index is 2.22. The number of rotatable bonds is 3. The number of carbonyl (C=O) groups is 1. The Labute approximate surface area is 115 Å². The molecule has 2 rings (SSSR count). The molecule has 0 aromatic heterocycles. The van der Waals surface area contributed by atoms with E-state index in [4.69, 9.17) is 15.1 Å². The molecule has 1 heterocycles. The zero-order chi connectivity index (χ0) is 13.8. The number of nitrogens with one attached hydrogen (secondary N) is 1. The first kappa shape index (κ1) is 13.7. The van der Waals surface area contributed by atoms with Crippen molar-refractivity contribution < 1.29 is 14.6 Å². The van der Waals surface area contributed by atoms with Crippen LogP contribution in [-0.4, -0.2) is 30.0 Å². The summed E-state index contributed by atoms with van der Waals surface area (Å²) in [5.74, 6) is 0.476. The molecular weight excluding hydrogens is 264 g/mol. The largest absolute Gasteiger partial charge is 0.495 e. The Morgan fingerprint density at radius 3 is 3.05 bits per heavy atom. The van der Waals surface area contributed by atoms with Crippen molar-refractivity contribution in [3.8, 4) is 11.8 Å². The normalized spacial score (nSPS) is 22.5. The van der Waals surface area contributed by atoms with Crippen molar-refractivity contribution in [2.75, 3.05) is 12.9 Å². The highest BCUT2D eigenvalue weighted by molar-refractivity contribution is 7.99. The van der Waals surface area contributed by atoms with E-state index in [0.717, 1.165) is 11.3 Å². The van der Waals surface area contributed by atoms with Crippen molar-refractivity contribution in [2.45, 2.75) is 17.8 Å². The van der Waals surface area contributed by atoms with Crippen molar-refractivity contribution in [3.63, 3.8) is 0 Å². The van der Waals surface area contributed by atoms with E-state index < -0.39 is 12.0 Å². The molecule has 0 bridgehead atoms. The summed E-state index contributed by atoms with van der Waals surface area (Å²) >= 11 is 1.65. The number of aliphatic carboxylic acids is 1. The lowest BCUT2D eigenvalue weighted by Crippen LogP contribution is -2.41. The van der Waals surface area contributed by atoms with Crippen LogP contribution in [0.25, 0.3) is 0 Å². The fourth-order valence-electron chi connectivity index (χ4n) is 1.98. The summed E-state index contributed by atoms with van der Waals surface area (Å²) in [5, 5.41) is 21.1. The molecular formula is C13H14N2O3S. The second-order valence-electron chi connectivity index (χ2n) is 4.17. The van der Waals surface area contributed by atoms with Gasteiger partial charge in [-0.25, -0.2) is 0 Å². The highest BCUT2D eigenvalue weighted by Crippen LogP contribution is 2.33. The molecule has 0 saturated carbocycles. The molecule has 2 unspecified atom stereocenters. The topological polar surface area (TPSA) is 82.3 Å². The molecule has 2 N–H and O–H groups in total. The number of methoxy groups -OCH3 is 1. The Bertz CT molecular complexity index is 527. The van der Waals surface area contributed by atoms with Gasteiger partial charge in [-0.2, -0.15) is 5.26 Å². The van der Waals surface area contributed by atoms with Crippen LogP contribution in [0.1, 0.15) is 22.9 Å². The SMILES string of the molecule is COc1ccc(C2NC(C(=O)O)CCS2)cc1C#N. The minimum Gasteiger partial charge on any atom is -0.495 e. The van der Waals surface area contributed by atoms with Crippen molar-refractivity contribution >= 4 is 17.7 Å². The van der Waals surface area contributed by atoms with Crippen LogP contribution >= 0.6 is 11.8 Å². The van der Waals surface area contributed by atoms with E-state index in [1.165, 1.54) is 7.11 Å². The van der Waals surface area contributed by atoms with E-state index in [0.29, 0.717) is 17.7 Å². The maximum absolute atomic E-state index is 11.0. The van der Waals surface area contributed by atoms with E-state index in [1.54, 1.807) is 23.9 Å². The number of benzene rings is 1. The van der Waals surface area contributed by atoms with Gasteiger partial charge in [-0.3, -0.25) is 10.1 Å². The molecule has 6 heteroatoms. The molecule has 0 radical (unpaired) electrons. The highest BCUT2D eigenvalue weighted by atomic mass is 32.2. The van der Waals surface area contributed by atoms with E-state index in [2.05, 4.69) is 11.4 Å². The Hall–Kier alpha value is -1.71. The van der Waals surface area contributed by atoms with Crippen molar-refractivity contribution in [1.29, 1.82) is 5.26 Å². The van der Waals surface area contributed by atoms with E-state index in [9.17, 15) is 4.79 Å². The Kier molecular flexibility index (Phi) is 4.30. The summed E-state index contributed by atoms with van der Waals surface area (Å²) in [4.78, 5) is 11.0. The summed E-state index contributed by atoms with van der Waals surface area (Å²) in [5.41, 5.74) is 1.35. The van der Waals surface area contributed by atoms with Crippen LogP contribution in [0.15, 0.2) is 18.2 Å². The third-order valence-corrected chi connectivity index (χ3v) is 4.20. The first-order chi connectivity index (χ1) is 9.15. The summed E-state index contributed by atoms with van der Waals surface area (Å²) < 4.78 is 5.09. The average Bonchev–Trinajstić information content (AvgIpc) is 2.46. The summed E-state index contributed by atoms with van der Waals surface area (Å²) in [6, 6.07) is 6.89. The molecule has 1 aliphatic rings. The van der Waals surface area contributed by atoms with Gasteiger partial charge in [0.05, 0.1) is 18.0 Å². The lowest BCUT2D eigenvalue weighted by atomic mass is 10.1. The number of ether oxygens (including phenoxy) is 1. The van der Waals surface area contributed by atoms with Crippen LogP contribution in [0.3, 0.4) is 0 Å². The molecule has 1 aromatic rings. The van der Waals surface area contributed by atoms with Crippen molar-refractivity contribution in [3.05, 3.63) is 29.3 Å². The maximum atomic E-state index is 11.0. The number of nitriles is 1. The number of hydrogen-bond donors (Lipinski definition) is 2. The summed E-state index contributed by atoms with van der Waals surface area (Å²) in [7, 11) is 1.52. The summed E-state index contributed by atoms with van der Waals surface area (Å²) in [6.07, 6.45) is 0.609. The van der Waals surface area contributed by atoms with Crippen LogP contribution in [0, 0.1) is 11.3 Å². The molecule has 5 nitrogen and oxygen atoms in total. The van der Waals surface area contributed by atoms with Crippen LogP contribution in [0.4, 0.5) is 0 Å². The van der Waals surface area contributed by atoms with Gasteiger partial charge < -0.3 is 9.84 Å². The number of carboxylic acid groups (broad SMARTS) is 1. The van der Waals surface area contributed by atoms with Gasteiger partial charge >= 0.3 is 5.97 Å². The van der Waals surface area contributed by atoms with E-state index in [-0.39, 0.29) is 5.37 Å². The summed E-state index contributed by atoms with van der Waals surface area (Å²) in [6.45, 7) is 0. The predicted molar refractivity (Wildman–Crippen MR) is 72.1 cm³/mol. The first-order valence-corrected chi connectivity index (χ1v) is 6.89. The number of hydrogen-bond acceptors (Lipinski definition) is 5. The van der Waals surface area contributed by atoms with Gasteiger partial charge in [0, 0.05) is 0 Å². The predicted octanol–water partition coefficient (Wildman–Crippen LogP) is 1.75. The smallest absolute Gasteiger partial charge is 0.320 e. The molecule has 0 spiro atoms. The van der Waals surface area contributed by atoms with Crippen molar-refractivity contribution in [2.24, 2.45) is 0 Å². The minimum absolute atomic E-state index is 0.104.